The lowest BCUT2D eigenvalue weighted by atomic mass is 10.2. The standard InChI is InChI=1S/C19H36N6O2.HI/c1-4-20-19(21-15-17(26)22(2)3)25-13-11-23(12-14-25)16-18(27)24-9-7-5-6-8-10-24;/h4-16H2,1-3H3,(H,20,21);1H. The van der Waals surface area contributed by atoms with Gasteiger partial charge in [-0.15, -0.1) is 24.0 Å². The number of likely N-dealkylation sites (tertiary alicyclic amines) is 1. The van der Waals surface area contributed by atoms with Gasteiger partial charge in [-0.1, -0.05) is 12.8 Å². The number of amides is 2. The highest BCUT2D eigenvalue weighted by Gasteiger charge is 2.23. The van der Waals surface area contributed by atoms with E-state index in [4.69, 9.17) is 0 Å². The summed E-state index contributed by atoms with van der Waals surface area (Å²) >= 11 is 0. The highest BCUT2D eigenvalue weighted by Crippen LogP contribution is 2.11. The first-order valence-corrected chi connectivity index (χ1v) is 10.2. The molecule has 0 aromatic heterocycles. The van der Waals surface area contributed by atoms with Crippen LogP contribution in [0.3, 0.4) is 0 Å². The van der Waals surface area contributed by atoms with Crippen LogP contribution in [0, 0.1) is 0 Å². The van der Waals surface area contributed by atoms with Gasteiger partial charge in [0.15, 0.2) is 5.96 Å². The molecular weight excluding hydrogens is 471 g/mol. The minimum atomic E-state index is -0.00733. The second-order valence-electron chi connectivity index (χ2n) is 7.52. The van der Waals surface area contributed by atoms with Crippen LogP contribution in [0.4, 0.5) is 0 Å². The van der Waals surface area contributed by atoms with Crippen molar-refractivity contribution in [2.75, 3.05) is 73.0 Å². The predicted octanol–water partition coefficient (Wildman–Crippen LogP) is 0.678. The van der Waals surface area contributed by atoms with Crippen LogP contribution in [0.15, 0.2) is 4.99 Å². The number of nitrogens with one attached hydrogen (secondary N) is 1. The highest BCUT2D eigenvalue weighted by atomic mass is 127. The van der Waals surface area contributed by atoms with Gasteiger partial charge in [0.2, 0.25) is 11.8 Å². The SMILES string of the molecule is CCNC(=NCC(=O)N(C)C)N1CCN(CC(=O)N2CCCCCC2)CC1.I. The lowest BCUT2D eigenvalue weighted by Crippen LogP contribution is -2.54. The Balaban J connectivity index is 0.00000392. The van der Waals surface area contributed by atoms with E-state index in [0.717, 1.165) is 64.6 Å². The molecule has 162 valence electrons. The average molecular weight is 508 g/mol. The molecular formula is C19H37IN6O2. The number of nitrogens with zero attached hydrogens (tertiary/aromatic N) is 5. The molecule has 0 aromatic carbocycles. The first-order chi connectivity index (χ1) is 13.0. The fourth-order valence-corrected chi connectivity index (χ4v) is 3.44. The van der Waals surface area contributed by atoms with Crippen molar-refractivity contribution in [3.8, 4) is 0 Å². The van der Waals surface area contributed by atoms with Crippen molar-refractivity contribution in [1.29, 1.82) is 0 Å². The molecule has 2 rings (SSSR count). The maximum absolute atomic E-state index is 12.6. The molecule has 2 aliphatic heterocycles. The fraction of sp³-hybridized carbons (Fsp3) is 0.842. The third kappa shape index (κ3) is 8.10. The summed E-state index contributed by atoms with van der Waals surface area (Å²) < 4.78 is 0. The van der Waals surface area contributed by atoms with Crippen LogP contribution in [-0.4, -0.2) is 110 Å². The molecule has 2 saturated heterocycles. The van der Waals surface area contributed by atoms with Gasteiger partial charge in [-0.3, -0.25) is 14.5 Å². The van der Waals surface area contributed by atoms with E-state index >= 15 is 0 Å². The van der Waals surface area contributed by atoms with Crippen LogP contribution >= 0.6 is 24.0 Å². The zero-order chi connectivity index (χ0) is 19.6. The van der Waals surface area contributed by atoms with Gasteiger partial charge in [0, 0.05) is 59.9 Å². The van der Waals surface area contributed by atoms with Crippen molar-refractivity contribution < 1.29 is 9.59 Å². The molecule has 0 saturated carbocycles. The normalized spacial score (nSPS) is 18.9. The monoisotopic (exact) mass is 508 g/mol. The highest BCUT2D eigenvalue weighted by molar-refractivity contribution is 14.0. The minimum Gasteiger partial charge on any atom is -0.357 e. The second kappa shape index (κ2) is 13.2. The third-order valence-corrected chi connectivity index (χ3v) is 5.19. The smallest absolute Gasteiger partial charge is 0.243 e. The maximum atomic E-state index is 12.6. The van der Waals surface area contributed by atoms with E-state index in [-0.39, 0.29) is 42.3 Å². The molecule has 2 heterocycles. The van der Waals surface area contributed by atoms with Gasteiger partial charge in [-0.2, -0.15) is 0 Å². The largest absolute Gasteiger partial charge is 0.357 e. The van der Waals surface area contributed by atoms with E-state index in [2.05, 4.69) is 20.1 Å². The summed E-state index contributed by atoms with van der Waals surface area (Å²) in [6, 6.07) is 0. The Kier molecular flexibility index (Phi) is 11.7. The van der Waals surface area contributed by atoms with E-state index in [1.807, 2.05) is 11.8 Å². The predicted molar refractivity (Wildman–Crippen MR) is 123 cm³/mol. The number of carbonyl (C=O) groups is 2. The summed E-state index contributed by atoms with van der Waals surface area (Å²) in [7, 11) is 3.48. The average Bonchev–Trinajstić information content (AvgIpc) is 2.95. The number of rotatable bonds is 5. The van der Waals surface area contributed by atoms with Crippen LogP contribution in [0.25, 0.3) is 0 Å². The second-order valence-corrected chi connectivity index (χ2v) is 7.52. The summed E-state index contributed by atoms with van der Waals surface area (Å²) in [6.45, 7) is 8.60. The van der Waals surface area contributed by atoms with Gasteiger partial charge in [0.05, 0.1) is 6.54 Å². The molecule has 0 bridgehead atoms. The number of piperazine rings is 1. The van der Waals surface area contributed by atoms with Crippen molar-refractivity contribution in [2.45, 2.75) is 32.6 Å². The van der Waals surface area contributed by atoms with E-state index in [9.17, 15) is 9.59 Å². The number of halogens is 1. The summed E-state index contributed by atoms with van der Waals surface area (Å²) in [5.41, 5.74) is 0. The van der Waals surface area contributed by atoms with Gasteiger partial charge in [-0.25, -0.2) is 4.99 Å². The molecule has 2 fully saturated rings. The lowest BCUT2D eigenvalue weighted by molar-refractivity contribution is -0.132. The molecule has 0 aromatic rings. The number of guanidine groups is 1. The Hall–Kier alpha value is -1.10. The molecule has 2 amide bonds. The number of carbonyl (C=O) groups excluding carboxylic acids is 2. The molecule has 0 aliphatic carbocycles. The minimum absolute atomic E-state index is 0. The summed E-state index contributed by atoms with van der Waals surface area (Å²) in [6.07, 6.45) is 4.75. The van der Waals surface area contributed by atoms with Crippen molar-refractivity contribution in [3.05, 3.63) is 0 Å². The zero-order valence-electron chi connectivity index (χ0n) is 17.7. The van der Waals surface area contributed by atoms with Gasteiger partial charge < -0.3 is 20.0 Å². The molecule has 8 nitrogen and oxygen atoms in total. The van der Waals surface area contributed by atoms with Gasteiger partial charge in [0.1, 0.15) is 6.54 Å². The van der Waals surface area contributed by atoms with Gasteiger partial charge in [-0.05, 0) is 19.8 Å². The van der Waals surface area contributed by atoms with E-state index in [1.54, 1.807) is 19.0 Å². The topological polar surface area (TPSA) is 71.5 Å². The van der Waals surface area contributed by atoms with E-state index < -0.39 is 0 Å². The zero-order valence-corrected chi connectivity index (χ0v) is 20.0. The summed E-state index contributed by atoms with van der Waals surface area (Å²) in [4.78, 5) is 36.9. The third-order valence-electron chi connectivity index (χ3n) is 5.19. The lowest BCUT2D eigenvalue weighted by Gasteiger charge is -2.37. The molecule has 0 atom stereocenters. The van der Waals surface area contributed by atoms with Crippen LogP contribution in [-0.2, 0) is 9.59 Å². The molecule has 2 aliphatic rings. The Morgan fingerprint density at radius 2 is 1.54 bits per heavy atom. The maximum Gasteiger partial charge on any atom is 0.243 e. The number of hydrogen-bond acceptors (Lipinski definition) is 4. The Morgan fingerprint density at radius 1 is 0.929 bits per heavy atom. The van der Waals surface area contributed by atoms with E-state index in [0.29, 0.717) is 6.54 Å². The van der Waals surface area contributed by atoms with Crippen molar-refractivity contribution in [3.63, 3.8) is 0 Å². The van der Waals surface area contributed by atoms with Crippen LogP contribution in [0.5, 0.6) is 0 Å². The summed E-state index contributed by atoms with van der Waals surface area (Å²) in [5.74, 6) is 1.04. The number of aliphatic imine (C=N–C) groups is 1. The van der Waals surface area contributed by atoms with Crippen molar-refractivity contribution in [1.82, 2.24) is 24.9 Å². The van der Waals surface area contributed by atoms with Crippen LogP contribution in [0.2, 0.25) is 0 Å². The molecule has 28 heavy (non-hydrogen) atoms. The van der Waals surface area contributed by atoms with Crippen molar-refractivity contribution >= 4 is 41.8 Å². The van der Waals surface area contributed by atoms with Gasteiger partial charge >= 0.3 is 0 Å². The Morgan fingerprint density at radius 3 is 2.07 bits per heavy atom. The molecule has 0 spiro atoms. The Labute approximate surface area is 186 Å². The van der Waals surface area contributed by atoms with Crippen LogP contribution in [0.1, 0.15) is 32.6 Å². The van der Waals surface area contributed by atoms with E-state index in [1.165, 1.54) is 12.8 Å². The summed E-state index contributed by atoms with van der Waals surface area (Å²) in [5, 5.41) is 3.27. The first kappa shape index (κ1) is 24.9. The molecule has 9 heteroatoms. The molecule has 0 unspecified atom stereocenters. The molecule has 1 N–H and O–H groups in total. The fourth-order valence-electron chi connectivity index (χ4n) is 3.44. The van der Waals surface area contributed by atoms with Crippen LogP contribution < -0.4 is 5.32 Å². The number of likely N-dealkylation sites (N-methyl/N-ethyl adjacent to an activating group) is 1. The first-order valence-electron chi connectivity index (χ1n) is 10.2. The van der Waals surface area contributed by atoms with Gasteiger partial charge in [0.25, 0.3) is 0 Å². The molecule has 0 radical (unpaired) electrons. The van der Waals surface area contributed by atoms with Crippen molar-refractivity contribution in [2.24, 2.45) is 4.99 Å². The quantitative estimate of drug-likeness (QED) is 0.336. The number of hydrogen-bond donors (Lipinski definition) is 1. The Bertz CT molecular complexity index is 513.